The highest BCUT2D eigenvalue weighted by atomic mass is 16.6. The van der Waals surface area contributed by atoms with Crippen molar-refractivity contribution in [3.63, 3.8) is 0 Å². The summed E-state index contributed by atoms with van der Waals surface area (Å²) in [5.74, 6) is 0. The van der Waals surface area contributed by atoms with Crippen LogP contribution in [0.4, 0.5) is 17.1 Å². The summed E-state index contributed by atoms with van der Waals surface area (Å²) in [4.78, 5) is 20.7. The zero-order chi connectivity index (χ0) is 20.3. The van der Waals surface area contributed by atoms with Gasteiger partial charge in [-0.3, -0.25) is 25.7 Å². The molecule has 0 saturated heterocycles. The second-order valence-electron chi connectivity index (χ2n) is 6.00. The number of hydrogen-bond donors (Lipinski definition) is 1. The van der Waals surface area contributed by atoms with Gasteiger partial charge in [-0.05, 0) is 19.1 Å². The number of rotatable bonds is 7. The van der Waals surface area contributed by atoms with E-state index in [1.165, 1.54) is 12.1 Å². The van der Waals surface area contributed by atoms with Crippen molar-refractivity contribution in [2.45, 2.75) is 13.5 Å². The Bertz CT molecular complexity index is 1120. The maximum Gasteiger partial charge on any atom is 0.301 e. The van der Waals surface area contributed by atoms with Crippen LogP contribution in [0.3, 0.4) is 0 Å². The summed E-state index contributed by atoms with van der Waals surface area (Å²) < 4.78 is 2.10. The molecule has 1 N–H and O–H groups in total. The third-order valence-corrected chi connectivity index (χ3v) is 4.36. The predicted octanol–water partition coefficient (Wildman–Crippen LogP) is 4.40. The standard InChI is InChI=1S/C19H17N5O4/c1-3-10-22-13(2)16(15-6-4-5-7-18(15)22)12-20-21-17-9-8-14(23(25)26)11-19(17)24(27)28/h3-9,11-12,21H,1,10H2,2H3/b20-12-. The molecule has 3 rings (SSSR count). The zero-order valence-corrected chi connectivity index (χ0v) is 15.0. The quantitative estimate of drug-likeness (QED) is 0.283. The fraction of sp³-hybridized carbons (Fsp3) is 0.105. The van der Waals surface area contributed by atoms with Crippen LogP contribution in [-0.4, -0.2) is 20.6 Å². The fourth-order valence-electron chi connectivity index (χ4n) is 3.03. The maximum absolute atomic E-state index is 11.2. The Hall–Kier alpha value is -4.01. The molecule has 1 heterocycles. The molecular weight excluding hydrogens is 362 g/mol. The minimum absolute atomic E-state index is 0.0688. The SMILES string of the molecule is C=CCn1c(C)c(/C=N\Nc2ccc([N+](=O)[O-])cc2[N+](=O)[O-])c2ccccc21. The number of hydrazone groups is 1. The fourth-order valence-corrected chi connectivity index (χ4v) is 3.03. The Balaban J connectivity index is 1.96. The predicted molar refractivity (Wildman–Crippen MR) is 108 cm³/mol. The van der Waals surface area contributed by atoms with Crippen molar-refractivity contribution >= 4 is 34.2 Å². The Morgan fingerprint density at radius 2 is 1.93 bits per heavy atom. The second kappa shape index (κ2) is 7.70. The largest absolute Gasteiger partial charge is 0.340 e. The van der Waals surface area contributed by atoms with Gasteiger partial charge in [0.15, 0.2) is 0 Å². The van der Waals surface area contributed by atoms with Gasteiger partial charge in [0.2, 0.25) is 0 Å². The molecule has 0 atom stereocenters. The van der Waals surface area contributed by atoms with Gasteiger partial charge in [0, 0.05) is 34.8 Å². The molecule has 0 spiro atoms. The summed E-state index contributed by atoms with van der Waals surface area (Å²) in [7, 11) is 0. The van der Waals surface area contributed by atoms with Crippen molar-refractivity contribution in [2.24, 2.45) is 5.10 Å². The van der Waals surface area contributed by atoms with E-state index in [-0.39, 0.29) is 11.4 Å². The first-order chi connectivity index (χ1) is 13.4. The Morgan fingerprint density at radius 1 is 1.18 bits per heavy atom. The summed E-state index contributed by atoms with van der Waals surface area (Å²) in [6.07, 6.45) is 3.39. The normalized spacial score (nSPS) is 11.0. The van der Waals surface area contributed by atoms with Crippen LogP contribution in [-0.2, 0) is 6.54 Å². The van der Waals surface area contributed by atoms with Gasteiger partial charge in [-0.15, -0.1) is 6.58 Å². The molecule has 0 unspecified atom stereocenters. The molecule has 9 nitrogen and oxygen atoms in total. The number of para-hydroxylation sites is 1. The third-order valence-electron chi connectivity index (χ3n) is 4.36. The number of allylic oxidation sites excluding steroid dienone is 1. The summed E-state index contributed by atoms with van der Waals surface area (Å²) >= 11 is 0. The van der Waals surface area contributed by atoms with Crippen LogP contribution in [0.2, 0.25) is 0 Å². The van der Waals surface area contributed by atoms with Gasteiger partial charge in [-0.25, -0.2) is 0 Å². The number of nitrogens with one attached hydrogen (secondary N) is 1. The molecule has 0 aliphatic carbocycles. The molecule has 0 aliphatic heterocycles. The maximum atomic E-state index is 11.2. The van der Waals surface area contributed by atoms with E-state index in [1.54, 1.807) is 12.3 Å². The molecule has 142 valence electrons. The topological polar surface area (TPSA) is 116 Å². The molecule has 0 bridgehead atoms. The molecule has 0 saturated carbocycles. The molecule has 2 aromatic carbocycles. The van der Waals surface area contributed by atoms with E-state index >= 15 is 0 Å². The highest BCUT2D eigenvalue weighted by molar-refractivity contribution is 6.01. The molecule has 0 aliphatic rings. The van der Waals surface area contributed by atoms with Crippen molar-refractivity contribution in [1.29, 1.82) is 0 Å². The molecular formula is C19H17N5O4. The van der Waals surface area contributed by atoms with Crippen molar-refractivity contribution in [2.75, 3.05) is 5.43 Å². The first kappa shape index (κ1) is 18.8. The van der Waals surface area contributed by atoms with Crippen LogP contribution in [0.25, 0.3) is 10.9 Å². The highest BCUT2D eigenvalue weighted by Crippen LogP contribution is 2.29. The van der Waals surface area contributed by atoms with E-state index in [0.29, 0.717) is 6.54 Å². The average Bonchev–Trinajstić information content (AvgIpc) is 2.94. The van der Waals surface area contributed by atoms with Gasteiger partial charge < -0.3 is 4.57 Å². The first-order valence-electron chi connectivity index (χ1n) is 8.34. The van der Waals surface area contributed by atoms with Gasteiger partial charge in [0.1, 0.15) is 5.69 Å². The number of non-ortho nitro benzene ring substituents is 1. The number of nitro groups is 2. The van der Waals surface area contributed by atoms with Crippen LogP contribution in [0, 0.1) is 27.2 Å². The van der Waals surface area contributed by atoms with Gasteiger partial charge >= 0.3 is 5.69 Å². The number of hydrogen-bond acceptors (Lipinski definition) is 6. The lowest BCUT2D eigenvalue weighted by Crippen LogP contribution is -2.00. The van der Waals surface area contributed by atoms with Gasteiger partial charge in [-0.2, -0.15) is 5.10 Å². The van der Waals surface area contributed by atoms with E-state index in [1.807, 2.05) is 31.2 Å². The number of aromatic nitrogens is 1. The number of nitrogens with zero attached hydrogens (tertiary/aromatic N) is 4. The highest BCUT2D eigenvalue weighted by Gasteiger charge is 2.19. The Labute approximate surface area is 159 Å². The van der Waals surface area contributed by atoms with Crippen molar-refractivity contribution in [3.05, 3.63) is 86.6 Å². The van der Waals surface area contributed by atoms with E-state index < -0.39 is 15.5 Å². The zero-order valence-electron chi connectivity index (χ0n) is 15.0. The Kier molecular flexibility index (Phi) is 5.16. The van der Waals surface area contributed by atoms with E-state index in [4.69, 9.17) is 0 Å². The van der Waals surface area contributed by atoms with Crippen LogP contribution >= 0.6 is 0 Å². The monoisotopic (exact) mass is 379 g/mol. The van der Waals surface area contributed by atoms with Crippen LogP contribution in [0.1, 0.15) is 11.3 Å². The van der Waals surface area contributed by atoms with Crippen LogP contribution in [0.15, 0.2) is 60.2 Å². The molecule has 0 radical (unpaired) electrons. The summed E-state index contributed by atoms with van der Waals surface area (Å²) in [6, 6.07) is 11.2. The van der Waals surface area contributed by atoms with E-state index in [9.17, 15) is 20.2 Å². The minimum Gasteiger partial charge on any atom is -0.340 e. The van der Waals surface area contributed by atoms with E-state index in [0.717, 1.165) is 28.2 Å². The number of fused-ring (bicyclic) bond motifs is 1. The smallest absolute Gasteiger partial charge is 0.301 e. The average molecular weight is 379 g/mol. The van der Waals surface area contributed by atoms with Gasteiger partial charge in [-0.1, -0.05) is 24.3 Å². The van der Waals surface area contributed by atoms with Crippen LogP contribution in [0.5, 0.6) is 0 Å². The number of benzene rings is 2. The molecule has 1 aromatic heterocycles. The van der Waals surface area contributed by atoms with E-state index in [2.05, 4.69) is 21.7 Å². The molecule has 28 heavy (non-hydrogen) atoms. The lowest BCUT2D eigenvalue weighted by molar-refractivity contribution is -0.393. The first-order valence-corrected chi connectivity index (χ1v) is 8.34. The van der Waals surface area contributed by atoms with Crippen molar-refractivity contribution in [3.8, 4) is 0 Å². The van der Waals surface area contributed by atoms with Crippen molar-refractivity contribution < 1.29 is 9.85 Å². The van der Waals surface area contributed by atoms with Gasteiger partial charge in [0.25, 0.3) is 5.69 Å². The molecule has 0 amide bonds. The molecule has 9 heteroatoms. The lowest BCUT2D eigenvalue weighted by Gasteiger charge is -2.04. The van der Waals surface area contributed by atoms with Gasteiger partial charge in [0.05, 0.1) is 22.1 Å². The number of nitro benzene ring substituents is 2. The lowest BCUT2D eigenvalue weighted by atomic mass is 10.1. The third kappa shape index (κ3) is 3.45. The summed E-state index contributed by atoms with van der Waals surface area (Å²) in [6.45, 7) is 6.38. The number of anilines is 1. The van der Waals surface area contributed by atoms with Crippen molar-refractivity contribution in [1.82, 2.24) is 4.57 Å². The van der Waals surface area contributed by atoms with Crippen LogP contribution < -0.4 is 5.43 Å². The Morgan fingerprint density at radius 3 is 2.61 bits per heavy atom. The second-order valence-corrected chi connectivity index (χ2v) is 6.00. The molecule has 0 fully saturated rings. The minimum atomic E-state index is -0.688. The summed E-state index contributed by atoms with van der Waals surface area (Å²) in [5.41, 5.74) is 4.79. The summed E-state index contributed by atoms with van der Waals surface area (Å²) in [5, 5.41) is 27.2. The molecule has 3 aromatic rings.